The molecule has 1 aliphatic rings. The summed E-state index contributed by atoms with van der Waals surface area (Å²) in [5.41, 5.74) is -1.48. The fourth-order valence-corrected chi connectivity index (χ4v) is 2.41. The van der Waals surface area contributed by atoms with Gasteiger partial charge >= 0.3 is 0 Å². The Kier molecular flexibility index (Phi) is 2.44. The van der Waals surface area contributed by atoms with Crippen molar-refractivity contribution in [2.75, 3.05) is 0 Å². The van der Waals surface area contributed by atoms with Crippen LogP contribution in [-0.2, 0) is 0 Å². The van der Waals surface area contributed by atoms with Crippen LogP contribution in [0.5, 0.6) is 0 Å². The van der Waals surface area contributed by atoms with Gasteiger partial charge in [-0.2, -0.15) is 0 Å². The van der Waals surface area contributed by atoms with Gasteiger partial charge in [-0.25, -0.2) is 0 Å². The number of hydrogen-bond donors (Lipinski definition) is 2. The summed E-state index contributed by atoms with van der Waals surface area (Å²) in [5.74, 6) is 2.44. The highest BCUT2D eigenvalue weighted by Crippen LogP contribution is 2.46. The number of terminal acetylenes is 1. The van der Waals surface area contributed by atoms with E-state index < -0.39 is 11.0 Å². The van der Waals surface area contributed by atoms with Crippen molar-refractivity contribution in [3.63, 3.8) is 0 Å². The molecule has 2 N–H and O–H groups in total. The molecular weight excluding hydrogens is 164 g/mol. The molecule has 0 aromatic rings. The first-order valence-electron chi connectivity index (χ1n) is 4.71. The van der Waals surface area contributed by atoms with Gasteiger partial charge in [0.05, 0.1) is 6.10 Å². The molecule has 3 atom stereocenters. The first kappa shape index (κ1) is 10.6. The summed E-state index contributed by atoms with van der Waals surface area (Å²) in [6, 6.07) is 0. The average Bonchev–Trinajstić information content (AvgIpc) is 1.98. The van der Waals surface area contributed by atoms with Gasteiger partial charge in [0.1, 0.15) is 5.60 Å². The van der Waals surface area contributed by atoms with Gasteiger partial charge < -0.3 is 10.2 Å². The molecule has 0 saturated heterocycles. The molecule has 0 unspecified atom stereocenters. The van der Waals surface area contributed by atoms with E-state index in [2.05, 4.69) is 5.92 Å². The minimum absolute atomic E-state index is 0.0451. The fraction of sp³-hybridized carbons (Fsp3) is 0.818. The highest BCUT2D eigenvalue weighted by atomic mass is 16.3. The highest BCUT2D eigenvalue weighted by Gasteiger charge is 2.51. The molecule has 1 rings (SSSR count). The van der Waals surface area contributed by atoms with Crippen molar-refractivity contribution in [1.29, 1.82) is 0 Å². The van der Waals surface area contributed by atoms with E-state index in [1.165, 1.54) is 0 Å². The highest BCUT2D eigenvalue weighted by molar-refractivity contribution is 5.18. The first-order chi connectivity index (χ1) is 5.83. The average molecular weight is 182 g/mol. The molecule has 0 aliphatic heterocycles. The Hall–Kier alpha value is -0.520. The summed E-state index contributed by atoms with van der Waals surface area (Å²) in [4.78, 5) is 0. The number of rotatable bonds is 0. The van der Waals surface area contributed by atoms with Gasteiger partial charge in [-0.3, -0.25) is 0 Å². The molecule has 0 radical (unpaired) electrons. The Balaban J connectivity index is 3.01. The molecule has 13 heavy (non-hydrogen) atoms. The van der Waals surface area contributed by atoms with Gasteiger partial charge in [0.15, 0.2) is 0 Å². The number of hydrogen-bond acceptors (Lipinski definition) is 2. The van der Waals surface area contributed by atoms with E-state index in [1.807, 2.05) is 20.8 Å². The third-order valence-corrected chi connectivity index (χ3v) is 3.34. The van der Waals surface area contributed by atoms with Crippen molar-refractivity contribution in [2.45, 2.75) is 45.3 Å². The second-order valence-corrected chi connectivity index (χ2v) is 4.79. The van der Waals surface area contributed by atoms with E-state index in [1.54, 1.807) is 0 Å². The lowest BCUT2D eigenvalue weighted by Gasteiger charge is -2.48. The largest absolute Gasteiger partial charge is 0.393 e. The van der Waals surface area contributed by atoms with Crippen LogP contribution in [0.2, 0.25) is 0 Å². The standard InChI is InChI=1S/C11H18O2/c1-5-11(13)8(2)6-9(12)7-10(11,3)4/h1,8-9,12-13H,6-7H2,2-4H3/t8-,9-,11-/m0/s1. The molecule has 74 valence electrons. The zero-order valence-electron chi connectivity index (χ0n) is 8.54. The third-order valence-electron chi connectivity index (χ3n) is 3.34. The molecule has 1 aliphatic carbocycles. The van der Waals surface area contributed by atoms with Gasteiger partial charge in [-0.15, -0.1) is 6.42 Å². The third kappa shape index (κ3) is 1.47. The molecule has 0 aromatic carbocycles. The van der Waals surface area contributed by atoms with Gasteiger partial charge in [0, 0.05) is 5.41 Å². The molecule has 0 amide bonds. The van der Waals surface area contributed by atoms with Crippen LogP contribution in [0.3, 0.4) is 0 Å². The Morgan fingerprint density at radius 2 is 2.00 bits per heavy atom. The SMILES string of the molecule is C#C[C@]1(O)[C@@H](C)C[C@H](O)CC1(C)C. The quantitative estimate of drug-likeness (QED) is 0.552. The predicted molar refractivity (Wildman–Crippen MR) is 52.0 cm³/mol. The molecular formula is C11H18O2. The Labute approximate surface area is 80.0 Å². The summed E-state index contributed by atoms with van der Waals surface area (Å²) < 4.78 is 0. The predicted octanol–water partition coefficient (Wildman–Crippen LogP) is 1.17. The van der Waals surface area contributed by atoms with Crippen LogP contribution in [0.4, 0.5) is 0 Å². The number of aliphatic hydroxyl groups is 2. The molecule has 2 heteroatoms. The maximum Gasteiger partial charge on any atom is 0.132 e. The second-order valence-electron chi connectivity index (χ2n) is 4.79. The lowest BCUT2D eigenvalue weighted by molar-refractivity contribution is -0.120. The molecule has 2 nitrogen and oxygen atoms in total. The zero-order valence-corrected chi connectivity index (χ0v) is 8.54. The van der Waals surface area contributed by atoms with Gasteiger partial charge in [0.25, 0.3) is 0 Å². The lowest BCUT2D eigenvalue weighted by Crippen LogP contribution is -2.54. The normalized spacial score (nSPS) is 44.0. The van der Waals surface area contributed by atoms with Crippen molar-refractivity contribution in [1.82, 2.24) is 0 Å². The van der Waals surface area contributed by atoms with Crippen molar-refractivity contribution in [2.24, 2.45) is 11.3 Å². The van der Waals surface area contributed by atoms with Gasteiger partial charge in [0.2, 0.25) is 0 Å². The summed E-state index contributed by atoms with van der Waals surface area (Å²) in [6.07, 6.45) is 6.19. The van der Waals surface area contributed by atoms with E-state index in [9.17, 15) is 10.2 Å². The van der Waals surface area contributed by atoms with Crippen LogP contribution in [0.1, 0.15) is 33.6 Å². The Morgan fingerprint density at radius 1 is 1.46 bits per heavy atom. The van der Waals surface area contributed by atoms with Crippen molar-refractivity contribution >= 4 is 0 Å². The molecule has 0 spiro atoms. The van der Waals surface area contributed by atoms with E-state index in [0.29, 0.717) is 12.8 Å². The lowest BCUT2D eigenvalue weighted by atomic mass is 9.60. The van der Waals surface area contributed by atoms with Crippen LogP contribution in [0.15, 0.2) is 0 Å². The Morgan fingerprint density at radius 3 is 2.38 bits per heavy atom. The maximum absolute atomic E-state index is 10.2. The van der Waals surface area contributed by atoms with Crippen LogP contribution in [0, 0.1) is 23.7 Å². The molecule has 1 saturated carbocycles. The monoisotopic (exact) mass is 182 g/mol. The summed E-state index contributed by atoms with van der Waals surface area (Å²) in [7, 11) is 0. The van der Waals surface area contributed by atoms with Gasteiger partial charge in [-0.05, 0) is 18.8 Å². The van der Waals surface area contributed by atoms with Crippen LogP contribution < -0.4 is 0 Å². The van der Waals surface area contributed by atoms with E-state index in [0.717, 1.165) is 0 Å². The molecule has 0 bridgehead atoms. The van der Waals surface area contributed by atoms with Crippen LogP contribution in [0.25, 0.3) is 0 Å². The fourth-order valence-electron chi connectivity index (χ4n) is 2.41. The molecule has 0 aromatic heterocycles. The van der Waals surface area contributed by atoms with Crippen LogP contribution in [-0.4, -0.2) is 21.9 Å². The summed E-state index contributed by atoms with van der Waals surface area (Å²) in [5, 5.41) is 19.8. The minimum atomic E-state index is -1.08. The van der Waals surface area contributed by atoms with Crippen molar-refractivity contribution in [3.05, 3.63) is 0 Å². The first-order valence-corrected chi connectivity index (χ1v) is 4.71. The van der Waals surface area contributed by atoms with E-state index in [-0.39, 0.29) is 12.0 Å². The maximum atomic E-state index is 10.2. The molecule has 1 fully saturated rings. The summed E-state index contributed by atoms with van der Waals surface area (Å²) >= 11 is 0. The second kappa shape index (κ2) is 3.01. The topological polar surface area (TPSA) is 40.5 Å². The molecule has 0 heterocycles. The zero-order chi connectivity index (χ0) is 10.3. The van der Waals surface area contributed by atoms with E-state index in [4.69, 9.17) is 6.42 Å². The van der Waals surface area contributed by atoms with Gasteiger partial charge in [-0.1, -0.05) is 26.7 Å². The number of aliphatic hydroxyl groups excluding tert-OH is 1. The minimum Gasteiger partial charge on any atom is -0.393 e. The van der Waals surface area contributed by atoms with Crippen molar-refractivity contribution in [3.8, 4) is 12.3 Å². The van der Waals surface area contributed by atoms with Crippen molar-refractivity contribution < 1.29 is 10.2 Å². The smallest absolute Gasteiger partial charge is 0.132 e. The summed E-state index contributed by atoms with van der Waals surface area (Å²) in [6.45, 7) is 5.71. The van der Waals surface area contributed by atoms with Crippen LogP contribution >= 0.6 is 0 Å². The van der Waals surface area contributed by atoms with E-state index >= 15 is 0 Å². The Bertz CT molecular complexity index is 239.